The van der Waals surface area contributed by atoms with Gasteiger partial charge in [-0.05, 0) is 18.2 Å². The van der Waals surface area contributed by atoms with Crippen LogP contribution in [0.2, 0.25) is 5.02 Å². The number of benzene rings is 1. The van der Waals surface area contributed by atoms with Gasteiger partial charge in [-0.15, -0.1) is 0 Å². The zero-order chi connectivity index (χ0) is 13.9. The summed E-state index contributed by atoms with van der Waals surface area (Å²) >= 11 is 6.29. The lowest BCUT2D eigenvalue weighted by Crippen LogP contribution is -2.07. The number of imidazole rings is 1. The fourth-order valence-corrected chi connectivity index (χ4v) is 2.29. The van der Waals surface area contributed by atoms with E-state index in [1.165, 1.54) is 0 Å². The van der Waals surface area contributed by atoms with Crippen LogP contribution in [0.1, 0.15) is 5.69 Å². The summed E-state index contributed by atoms with van der Waals surface area (Å²) in [5, 5.41) is 8.28. The van der Waals surface area contributed by atoms with Gasteiger partial charge >= 0.3 is 0 Å². The summed E-state index contributed by atoms with van der Waals surface area (Å²) in [4.78, 5) is 4.10. The lowest BCUT2D eigenvalue weighted by Gasteiger charge is -2.13. The van der Waals surface area contributed by atoms with Crippen LogP contribution in [0.3, 0.4) is 0 Å². The summed E-state index contributed by atoms with van der Waals surface area (Å²) in [5.41, 5.74) is 2.88. The maximum Gasteiger partial charge on any atom is 0.106 e. The quantitative estimate of drug-likeness (QED) is 0.803. The van der Waals surface area contributed by atoms with Gasteiger partial charge in [0.15, 0.2) is 0 Å². The first-order valence-corrected chi connectivity index (χ1v) is 6.61. The summed E-state index contributed by atoms with van der Waals surface area (Å²) < 4.78 is 3.74. The predicted molar refractivity (Wildman–Crippen MR) is 79.1 cm³/mol. The van der Waals surface area contributed by atoms with E-state index in [2.05, 4.69) is 15.4 Å². The molecule has 0 spiro atoms. The molecule has 20 heavy (non-hydrogen) atoms. The molecule has 0 aliphatic heterocycles. The molecule has 1 aromatic carbocycles. The Labute approximate surface area is 121 Å². The number of anilines is 1. The number of nitrogens with one attached hydrogen (secondary N) is 1. The molecule has 0 amide bonds. The fourth-order valence-electron chi connectivity index (χ4n) is 2.03. The van der Waals surface area contributed by atoms with Crippen molar-refractivity contribution in [1.82, 2.24) is 19.3 Å². The van der Waals surface area contributed by atoms with Crippen LogP contribution in [0.15, 0.2) is 49.2 Å². The molecule has 0 fully saturated rings. The van der Waals surface area contributed by atoms with E-state index in [4.69, 9.17) is 11.6 Å². The van der Waals surface area contributed by atoms with Crippen molar-refractivity contribution in [1.29, 1.82) is 0 Å². The molecule has 0 aliphatic carbocycles. The molecule has 2 aromatic heterocycles. The van der Waals surface area contributed by atoms with Gasteiger partial charge in [0.25, 0.3) is 0 Å². The number of para-hydroxylation sites is 1. The molecule has 0 saturated heterocycles. The molecule has 3 rings (SSSR count). The zero-order valence-corrected chi connectivity index (χ0v) is 11.7. The van der Waals surface area contributed by atoms with Crippen LogP contribution in [0.25, 0.3) is 5.69 Å². The molecule has 0 bridgehead atoms. The highest BCUT2D eigenvalue weighted by molar-refractivity contribution is 6.33. The van der Waals surface area contributed by atoms with Gasteiger partial charge in [0.2, 0.25) is 0 Å². The predicted octanol–water partition coefficient (Wildman–Crippen LogP) is 2.87. The molecule has 0 aliphatic rings. The van der Waals surface area contributed by atoms with Crippen molar-refractivity contribution in [3.05, 3.63) is 59.9 Å². The second-order valence-corrected chi connectivity index (χ2v) is 4.84. The summed E-state index contributed by atoms with van der Waals surface area (Å²) in [7, 11) is 1.97. The molecule has 0 saturated carbocycles. The Kier molecular flexibility index (Phi) is 3.43. The SMILES string of the molecule is Cn1cncc1CNc1cccc(Cl)c1-n1cccn1. The average molecular weight is 288 g/mol. The van der Waals surface area contributed by atoms with Crippen molar-refractivity contribution in [2.24, 2.45) is 7.05 Å². The van der Waals surface area contributed by atoms with Crippen molar-refractivity contribution in [3.63, 3.8) is 0 Å². The molecule has 1 N–H and O–H groups in total. The van der Waals surface area contributed by atoms with Crippen molar-refractivity contribution < 1.29 is 0 Å². The van der Waals surface area contributed by atoms with Gasteiger partial charge in [0.1, 0.15) is 5.69 Å². The molecular formula is C14H14ClN5. The van der Waals surface area contributed by atoms with Crippen molar-refractivity contribution in [3.8, 4) is 5.69 Å². The van der Waals surface area contributed by atoms with Crippen LogP contribution >= 0.6 is 11.6 Å². The zero-order valence-electron chi connectivity index (χ0n) is 11.0. The standard InChI is InChI=1S/C14H14ClN5/c1-19-10-16-8-11(19)9-17-13-5-2-4-12(15)14(13)20-7-3-6-18-20/h2-8,10,17H,9H2,1H3. The van der Waals surface area contributed by atoms with Gasteiger partial charge in [-0.25, -0.2) is 9.67 Å². The van der Waals surface area contributed by atoms with Crippen LogP contribution in [0, 0.1) is 0 Å². The normalized spacial score (nSPS) is 10.7. The number of hydrogen-bond acceptors (Lipinski definition) is 3. The fraction of sp³-hybridized carbons (Fsp3) is 0.143. The molecule has 6 heteroatoms. The van der Waals surface area contributed by atoms with E-state index < -0.39 is 0 Å². The molecule has 102 valence electrons. The largest absolute Gasteiger partial charge is 0.378 e. The number of aromatic nitrogens is 4. The Morgan fingerprint density at radius 2 is 2.20 bits per heavy atom. The number of hydrogen-bond donors (Lipinski definition) is 1. The second-order valence-electron chi connectivity index (χ2n) is 4.44. The van der Waals surface area contributed by atoms with Crippen molar-refractivity contribution >= 4 is 17.3 Å². The Balaban J connectivity index is 1.90. The number of rotatable bonds is 4. The van der Waals surface area contributed by atoms with Gasteiger partial charge in [0, 0.05) is 25.6 Å². The van der Waals surface area contributed by atoms with Crippen LogP contribution in [0.5, 0.6) is 0 Å². The lowest BCUT2D eigenvalue weighted by molar-refractivity contribution is 0.833. The smallest absolute Gasteiger partial charge is 0.106 e. The average Bonchev–Trinajstić information content (AvgIpc) is 3.08. The van der Waals surface area contributed by atoms with Gasteiger partial charge in [-0.3, -0.25) is 0 Å². The maximum atomic E-state index is 6.29. The minimum Gasteiger partial charge on any atom is -0.378 e. The third kappa shape index (κ3) is 2.40. The Morgan fingerprint density at radius 3 is 2.90 bits per heavy atom. The molecule has 2 heterocycles. The topological polar surface area (TPSA) is 47.7 Å². The van der Waals surface area contributed by atoms with E-state index >= 15 is 0 Å². The minimum atomic E-state index is 0.656. The molecular weight excluding hydrogens is 274 g/mol. The second kappa shape index (κ2) is 5.38. The highest BCUT2D eigenvalue weighted by atomic mass is 35.5. The minimum absolute atomic E-state index is 0.656. The van der Waals surface area contributed by atoms with Crippen molar-refractivity contribution in [2.75, 3.05) is 5.32 Å². The maximum absolute atomic E-state index is 6.29. The van der Waals surface area contributed by atoms with Gasteiger partial charge < -0.3 is 9.88 Å². The first-order valence-electron chi connectivity index (χ1n) is 6.23. The third-order valence-corrected chi connectivity index (χ3v) is 3.40. The van der Waals surface area contributed by atoms with Crippen LogP contribution in [0.4, 0.5) is 5.69 Å². The summed E-state index contributed by atoms with van der Waals surface area (Å²) in [5.74, 6) is 0. The third-order valence-electron chi connectivity index (χ3n) is 3.10. The van der Waals surface area contributed by atoms with Gasteiger partial charge in [-0.2, -0.15) is 5.10 Å². The van der Waals surface area contributed by atoms with Crippen molar-refractivity contribution in [2.45, 2.75) is 6.54 Å². The number of aryl methyl sites for hydroxylation is 1. The molecule has 5 nitrogen and oxygen atoms in total. The first kappa shape index (κ1) is 12.7. The lowest BCUT2D eigenvalue weighted by atomic mass is 10.2. The monoisotopic (exact) mass is 287 g/mol. The summed E-state index contributed by atoms with van der Waals surface area (Å²) in [6.45, 7) is 0.672. The summed E-state index contributed by atoms with van der Waals surface area (Å²) in [6, 6.07) is 7.63. The Morgan fingerprint density at radius 1 is 1.30 bits per heavy atom. The van der Waals surface area contributed by atoms with Gasteiger partial charge in [-0.1, -0.05) is 17.7 Å². The Bertz CT molecular complexity index is 702. The first-order chi connectivity index (χ1) is 9.75. The van der Waals surface area contributed by atoms with E-state index in [0.717, 1.165) is 17.1 Å². The van der Waals surface area contributed by atoms with E-state index in [0.29, 0.717) is 11.6 Å². The van der Waals surface area contributed by atoms with Crippen LogP contribution < -0.4 is 5.32 Å². The van der Waals surface area contributed by atoms with E-state index in [1.54, 1.807) is 17.2 Å². The highest BCUT2D eigenvalue weighted by Crippen LogP contribution is 2.28. The summed E-state index contributed by atoms with van der Waals surface area (Å²) in [6.07, 6.45) is 7.22. The molecule has 3 aromatic rings. The van der Waals surface area contributed by atoms with Gasteiger partial charge in [0.05, 0.1) is 29.3 Å². The number of nitrogens with zero attached hydrogens (tertiary/aromatic N) is 4. The molecule has 0 unspecified atom stereocenters. The molecule has 0 radical (unpaired) electrons. The van der Waals surface area contributed by atoms with E-state index in [-0.39, 0.29) is 0 Å². The van der Waals surface area contributed by atoms with E-state index in [9.17, 15) is 0 Å². The highest BCUT2D eigenvalue weighted by Gasteiger charge is 2.09. The molecule has 0 atom stereocenters. The van der Waals surface area contributed by atoms with Crippen LogP contribution in [-0.2, 0) is 13.6 Å². The van der Waals surface area contributed by atoms with E-state index in [1.807, 2.05) is 48.3 Å². The number of halogens is 1. The Hall–Kier alpha value is -2.27. The van der Waals surface area contributed by atoms with Crippen LogP contribution in [-0.4, -0.2) is 19.3 Å².